The lowest BCUT2D eigenvalue weighted by Gasteiger charge is -2.00. The van der Waals surface area contributed by atoms with Crippen LogP contribution in [0.1, 0.15) is 21.7 Å². The van der Waals surface area contributed by atoms with Gasteiger partial charge in [0, 0.05) is 7.05 Å². The molecule has 0 radical (unpaired) electrons. The van der Waals surface area contributed by atoms with E-state index in [1.807, 2.05) is 49.7 Å². The SMILES string of the molecule is CSc1nc(C(=O)O)c(/C=C/c2ccccc2)n1C. The second-order valence-electron chi connectivity index (χ2n) is 3.94. The summed E-state index contributed by atoms with van der Waals surface area (Å²) in [4.78, 5) is 15.3. The van der Waals surface area contributed by atoms with Crippen LogP contribution < -0.4 is 0 Å². The predicted octanol–water partition coefficient (Wildman–Crippen LogP) is 3.01. The first-order valence-electron chi connectivity index (χ1n) is 5.70. The summed E-state index contributed by atoms with van der Waals surface area (Å²) in [7, 11) is 1.82. The van der Waals surface area contributed by atoms with Crippen molar-refractivity contribution in [3.8, 4) is 0 Å². The van der Waals surface area contributed by atoms with E-state index in [1.54, 1.807) is 10.6 Å². The molecule has 0 atom stereocenters. The topological polar surface area (TPSA) is 55.1 Å². The first-order valence-corrected chi connectivity index (χ1v) is 6.93. The summed E-state index contributed by atoms with van der Waals surface area (Å²) in [5.41, 5.74) is 1.70. The van der Waals surface area contributed by atoms with Crippen LogP contribution in [0.5, 0.6) is 0 Å². The monoisotopic (exact) mass is 274 g/mol. The highest BCUT2D eigenvalue weighted by molar-refractivity contribution is 7.98. The maximum Gasteiger partial charge on any atom is 0.356 e. The fraction of sp³-hybridized carbons (Fsp3) is 0.143. The predicted molar refractivity (Wildman–Crippen MR) is 77.3 cm³/mol. The van der Waals surface area contributed by atoms with Crippen LogP contribution in [0.15, 0.2) is 35.5 Å². The van der Waals surface area contributed by atoms with E-state index in [0.717, 1.165) is 5.56 Å². The third kappa shape index (κ3) is 2.88. The Morgan fingerprint density at radius 2 is 2.00 bits per heavy atom. The minimum absolute atomic E-state index is 0.0824. The zero-order valence-electron chi connectivity index (χ0n) is 10.7. The van der Waals surface area contributed by atoms with Gasteiger partial charge in [-0.1, -0.05) is 48.2 Å². The van der Waals surface area contributed by atoms with Crippen LogP contribution in [0, 0.1) is 0 Å². The summed E-state index contributed by atoms with van der Waals surface area (Å²) in [6, 6.07) is 9.74. The Morgan fingerprint density at radius 1 is 1.32 bits per heavy atom. The summed E-state index contributed by atoms with van der Waals surface area (Å²) >= 11 is 1.42. The maximum absolute atomic E-state index is 11.2. The molecule has 19 heavy (non-hydrogen) atoms. The van der Waals surface area contributed by atoms with Gasteiger partial charge in [-0.2, -0.15) is 0 Å². The number of aromatic nitrogens is 2. The van der Waals surface area contributed by atoms with Gasteiger partial charge in [-0.05, 0) is 17.9 Å². The molecule has 1 heterocycles. The van der Waals surface area contributed by atoms with Gasteiger partial charge in [-0.3, -0.25) is 0 Å². The molecule has 0 aliphatic heterocycles. The molecule has 4 nitrogen and oxygen atoms in total. The van der Waals surface area contributed by atoms with Crippen molar-refractivity contribution in [3.63, 3.8) is 0 Å². The Bertz CT molecular complexity index is 618. The number of carboxylic acid groups (broad SMARTS) is 1. The molecule has 1 aromatic heterocycles. The molecule has 98 valence electrons. The van der Waals surface area contributed by atoms with Crippen molar-refractivity contribution in [1.29, 1.82) is 0 Å². The largest absolute Gasteiger partial charge is 0.476 e. The number of hydrogen-bond donors (Lipinski definition) is 1. The Kier molecular flexibility index (Phi) is 4.06. The van der Waals surface area contributed by atoms with Gasteiger partial charge >= 0.3 is 5.97 Å². The third-order valence-corrected chi connectivity index (χ3v) is 3.45. The number of imidazole rings is 1. The standard InChI is InChI=1S/C14H14N2O2S/c1-16-11(9-8-10-6-4-3-5-7-10)12(13(17)18)15-14(16)19-2/h3-9H,1-2H3,(H,17,18)/b9-8+. The molecule has 1 aromatic carbocycles. The highest BCUT2D eigenvalue weighted by Gasteiger charge is 2.17. The lowest BCUT2D eigenvalue weighted by atomic mass is 10.2. The van der Waals surface area contributed by atoms with Gasteiger partial charge in [0.15, 0.2) is 10.9 Å². The Morgan fingerprint density at radius 3 is 2.58 bits per heavy atom. The van der Waals surface area contributed by atoms with E-state index in [-0.39, 0.29) is 5.69 Å². The molecule has 0 spiro atoms. The highest BCUT2D eigenvalue weighted by atomic mass is 32.2. The number of carbonyl (C=O) groups is 1. The van der Waals surface area contributed by atoms with E-state index in [4.69, 9.17) is 0 Å². The van der Waals surface area contributed by atoms with Gasteiger partial charge in [0.1, 0.15) is 0 Å². The molecule has 5 heteroatoms. The molecule has 0 aliphatic rings. The summed E-state index contributed by atoms with van der Waals surface area (Å²) in [6.45, 7) is 0. The van der Waals surface area contributed by atoms with E-state index >= 15 is 0 Å². The first kappa shape index (κ1) is 13.4. The second kappa shape index (κ2) is 5.75. The molecule has 2 aromatic rings. The highest BCUT2D eigenvalue weighted by Crippen LogP contribution is 2.20. The lowest BCUT2D eigenvalue weighted by molar-refractivity contribution is 0.0690. The maximum atomic E-state index is 11.2. The minimum atomic E-state index is -1.01. The fourth-order valence-electron chi connectivity index (χ4n) is 1.76. The van der Waals surface area contributed by atoms with Crippen molar-refractivity contribution in [2.45, 2.75) is 5.16 Å². The van der Waals surface area contributed by atoms with Gasteiger partial charge in [0.2, 0.25) is 0 Å². The molecule has 1 N–H and O–H groups in total. The molecule has 0 aliphatic carbocycles. The second-order valence-corrected chi connectivity index (χ2v) is 4.71. The van der Waals surface area contributed by atoms with Gasteiger partial charge in [-0.15, -0.1) is 0 Å². The van der Waals surface area contributed by atoms with Crippen LogP contribution in [0.4, 0.5) is 0 Å². The van der Waals surface area contributed by atoms with Crippen molar-refractivity contribution in [1.82, 2.24) is 9.55 Å². The van der Waals surface area contributed by atoms with Crippen molar-refractivity contribution in [2.24, 2.45) is 7.05 Å². The lowest BCUT2D eigenvalue weighted by Crippen LogP contribution is -2.00. The molecule has 0 bridgehead atoms. The zero-order valence-corrected chi connectivity index (χ0v) is 11.5. The van der Waals surface area contributed by atoms with Crippen molar-refractivity contribution < 1.29 is 9.90 Å². The van der Waals surface area contributed by atoms with Gasteiger partial charge in [0.05, 0.1) is 5.69 Å². The number of hydrogen-bond acceptors (Lipinski definition) is 3. The Balaban J connectivity index is 2.41. The number of rotatable bonds is 4. The van der Waals surface area contributed by atoms with Crippen LogP contribution >= 0.6 is 11.8 Å². The Hall–Kier alpha value is -2.01. The number of nitrogens with zero attached hydrogens (tertiary/aromatic N) is 2. The summed E-state index contributed by atoms with van der Waals surface area (Å²) in [5, 5.41) is 9.86. The summed E-state index contributed by atoms with van der Waals surface area (Å²) < 4.78 is 1.79. The third-order valence-electron chi connectivity index (χ3n) is 2.72. The normalized spacial score (nSPS) is 11.1. The molecular formula is C14H14N2O2S. The number of thioether (sulfide) groups is 1. The van der Waals surface area contributed by atoms with E-state index in [0.29, 0.717) is 10.9 Å². The van der Waals surface area contributed by atoms with Crippen LogP contribution in [0.2, 0.25) is 0 Å². The van der Waals surface area contributed by atoms with E-state index in [1.165, 1.54) is 11.8 Å². The van der Waals surface area contributed by atoms with Gasteiger partial charge in [0.25, 0.3) is 0 Å². The van der Waals surface area contributed by atoms with Crippen molar-refractivity contribution in [3.05, 3.63) is 47.3 Å². The summed E-state index contributed by atoms with van der Waals surface area (Å²) in [5.74, 6) is -1.01. The van der Waals surface area contributed by atoms with E-state index in [9.17, 15) is 9.90 Å². The molecule has 0 amide bonds. The number of aromatic carboxylic acids is 1. The molecule has 0 saturated heterocycles. The molecule has 0 saturated carbocycles. The Labute approximate surface area is 115 Å². The van der Waals surface area contributed by atoms with E-state index < -0.39 is 5.97 Å². The van der Waals surface area contributed by atoms with Crippen LogP contribution in [0.25, 0.3) is 12.2 Å². The molecule has 0 unspecified atom stereocenters. The zero-order chi connectivity index (χ0) is 13.8. The van der Waals surface area contributed by atoms with E-state index in [2.05, 4.69) is 4.98 Å². The quantitative estimate of drug-likeness (QED) is 0.871. The summed E-state index contributed by atoms with van der Waals surface area (Å²) in [6.07, 6.45) is 5.54. The van der Waals surface area contributed by atoms with Crippen LogP contribution in [0.3, 0.4) is 0 Å². The molecule has 0 fully saturated rings. The fourth-order valence-corrected chi connectivity index (χ4v) is 2.31. The van der Waals surface area contributed by atoms with Gasteiger partial charge < -0.3 is 9.67 Å². The number of benzene rings is 1. The van der Waals surface area contributed by atoms with Crippen molar-refractivity contribution in [2.75, 3.05) is 6.26 Å². The van der Waals surface area contributed by atoms with Gasteiger partial charge in [-0.25, -0.2) is 9.78 Å². The molecular weight excluding hydrogens is 260 g/mol. The van der Waals surface area contributed by atoms with Crippen LogP contribution in [-0.4, -0.2) is 26.9 Å². The first-order chi connectivity index (χ1) is 9.13. The number of carboxylic acids is 1. The van der Waals surface area contributed by atoms with Crippen LogP contribution in [-0.2, 0) is 7.05 Å². The smallest absolute Gasteiger partial charge is 0.356 e. The average molecular weight is 274 g/mol. The minimum Gasteiger partial charge on any atom is -0.476 e. The average Bonchev–Trinajstić information content (AvgIpc) is 2.74. The van der Waals surface area contributed by atoms with Crippen molar-refractivity contribution >= 4 is 29.9 Å². The molecule has 2 rings (SSSR count).